The fourth-order valence-electron chi connectivity index (χ4n) is 4.03. The summed E-state index contributed by atoms with van der Waals surface area (Å²) >= 11 is 1.96. The van der Waals surface area contributed by atoms with Crippen LogP contribution in [0.1, 0.15) is 44.1 Å². The molecule has 1 aromatic rings. The van der Waals surface area contributed by atoms with Gasteiger partial charge in [-0.2, -0.15) is 11.8 Å². The lowest BCUT2D eigenvalue weighted by atomic mass is 9.87. The Balaban J connectivity index is 0.00000208. The van der Waals surface area contributed by atoms with Crippen LogP contribution in [-0.2, 0) is 4.79 Å². The third-order valence-electron chi connectivity index (χ3n) is 5.17. The van der Waals surface area contributed by atoms with Gasteiger partial charge in [0, 0.05) is 49.0 Å². The molecule has 1 aromatic carbocycles. The summed E-state index contributed by atoms with van der Waals surface area (Å²) in [5.41, 5.74) is 1.38. The minimum atomic E-state index is 0. The van der Waals surface area contributed by atoms with Crippen LogP contribution in [0.2, 0.25) is 0 Å². The minimum Gasteiger partial charge on any atom is -0.339 e. The molecule has 2 heterocycles. The molecule has 1 amide bonds. The summed E-state index contributed by atoms with van der Waals surface area (Å²) in [6, 6.07) is 11.5. The van der Waals surface area contributed by atoms with E-state index in [0.29, 0.717) is 30.3 Å². The van der Waals surface area contributed by atoms with Gasteiger partial charge in [0.15, 0.2) is 0 Å². The molecule has 5 heteroatoms. The number of carbonyl (C=O) groups is 1. The van der Waals surface area contributed by atoms with Crippen LogP contribution in [-0.4, -0.2) is 47.5 Å². The van der Waals surface area contributed by atoms with Crippen molar-refractivity contribution < 1.29 is 4.79 Å². The van der Waals surface area contributed by atoms with Crippen LogP contribution >= 0.6 is 24.2 Å². The highest BCUT2D eigenvalue weighted by molar-refractivity contribution is 7.99. The van der Waals surface area contributed by atoms with Gasteiger partial charge in [-0.1, -0.05) is 37.3 Å². The van der Waals surface area contributed by atoms with E-state index in [1.54, 1.807) is 0 Å². The largest absolute Gasteiger partial charge is 0.339 e. The molecule has 0 radical (unpaired) electrons. The van der Waals surface area contributed by atoms with Gasteiger partial charge < -0.3 is 10.2 Å². The van der Waals surface area contributed by atoms with Gasteiger partial charge in [0.05, 0.1) is 0 Å². The predicted molar refractivity (Wildman–Crippen MR) is 105 cm³/mol. The number of likely N-dealkylation sites (tertiary alicyclic amines) is 1. The minimum absolute atomic E-state index is 0. The average molecular weight is 369 g/mol. The summed E-state index contributed by atoms with van der Waals surface area (Å²) < 4.78 is 0. The number of hydrogen-bond donors (Lipinski definition) is 1. The first-order chi connectivity index (χ1) is 11.3. The summed E-state index contributed by atoms with van der Waals surface area (Å²) in [4.78, 5) is 15.0. The fourth-order valence-corrected chi connectivity index (χ4v) is 4.98. The number of thioether (sulfide) groups is 1. The van der Waals surface area contributed by atoms with Crippen LogP contribution in [0.5, 0.6) is 0 Å². The number of nitrogens with zero attached hydrogens (tertiary/aromatic N) is 1. The normalized spacial score (nSPS) is 25.1. The summed E-state index contributed by atoms with van der Waals surface area (Å²) in [6.45, 7) is 4.22. The van der Waals surface area contributed by atoms with Gasteiger partial charge in [0.2, 0.25) is 5.91 Å². The number of rotatable bonds is 5. The van der Waals surface area contributed by atoms with Crippen LogP contribution in [0.25, 0.3) is 0 Å². The molecule has 0 saturated carbocycles. The standard InChI is InChI=1S/C19H28N2OS.ClH/c1-2-17(15-7-4-3-5-8-15)18-9-6-11-21(18)19(22)13-16-14-23-12-10-20-16;/h3-5,7-8,16-18,20H,2,6,9-14H2,1H3;1H. The first kappa shape index (κ1) is 19.6. The second kappa shape index (κ2) is 9.69. The lowest BCUT2D eigenvalue weighted by Gasteiger charge is -2.33. The Kier molecular flexibility index (Phi) is 7.92. The number of nitrogens with one attached hydrogen (secondary N) is 1. The van der Waals surface area contributed by atoms with Crippen molar-refractivity contribution in [2.45, 2.75) is 50.6 Å². The highest BCUT2D eigenvalue weighted by Crippen LogP contribution is 2.34. The van der Waals surface area contributed by atoms with Gasteiger partial charge in [0.25, 0.3) is 0 Å². The zero-order valence-electron chi connectivity index (χ0n) is 14.4. The summed E-state index contributed by atoms with van der Waals surface area (Å²) in [5, 5.41) is 3.49. The first-order valence-corrected chi connectivity index (χ1v) is 10.1. The quantitative estimate of drug-likeness (QED) is 0.860. The topological polar surface area (TPSA) is 32.3 Å². The zero-order chi connectivity index (χ0) is 16.1. The van der Waals surface area contributed by atoms with Crippen molar-refractivity contribution in [3.8, 4) is 0 Å². The number of benzene rings is 1. The van der Waals surface area contributed by atoms with Crippen molar-refractivity contribution in [3.05, 3.63) is 35.9 Å². The van der Waals surface area contributed by atoms with Crippen molar-refractivity contribution in [2.75, 3.05) is 24.6 Å². The van der Waals surface area contributed by atoms with E-state index in [-0.39, 0.29) is 12.4 Å². The van der Waals surface area contributed by atoms with E-state index in [0.717, 1.165) is 38.1 Å². The Bertz CT molecular complexity index is 507. The molecule has 3 nitrogen and oxygen atoms in total. The maximum absolute atomic E-state index is 12.9. The van der Waals surface area contributed by atoms with E-state index in [4.69, 9.17) is 0 Å². The van der Waals surface area contributed by atoms with Crippen molar-refractivity contribution in [1.29, 1.82) is 0 Å². The molecule has 0 spiro atoms. The first-order valence-electron chi connectivity index (χ1n) is 8.95. The highest BCUT2D eigenvalue weighted by Gasteiger charge is 2.35. The number of amides is 1. The van der Waals surface area contributed by atoms with Gasteiger partial charge in [-0.3, -0.25) is 4.79 Å². The molecule has 3 rings (SSSR count). The maximum Gasteiger partial charge on any atom is 0.224 e. The molecule has 2 aliphatic rings. The Labute approximate surface area is 156 Å². The van der Waals surface area contributed by atoms with Crippen LogP contribution in [0.3, 0.4) is 0 Å². The molecule has 0 aliphatic carbocycles. The Morgan fingerprint density at radius 2 is 2.17 bits per heavy atom. The third kappa shape index (κ3) is 4.68. The molecule has 2 saturated heterocycles. The van der Waals surface area contributed by atoms with E-state index < -0.39 is 0 Å². The van der Waals surface area contributed by atoms with Crippen LogP contribution in [0.4, 0.5) is 0 Å². The van der Waals surface area contributed by atoms with Crippen molar-refractivity contribution in [1.82, 2.24) is 10.2 Å². The summed E-state index contributed by atoms with van der Waals surface area (Å²) in [5.74, 6) is 3.06. The van der Waals surface area contributed by atoms with Gasteiger partial charge >= 0.3 is 0 Å². The van der Waals surface area contributed by atoms with Crippen molar-refractivity contribution in [3.63, 3.8) is 0 Å². The molecule has 0 bridgehead atoms. The van der Waals surface area contributed by atoms with E-state index in [1.807, 2.05) is 11.8 Å². The fraction of sp³-hybridized carbons (Fsp3) is 0.632. The molecular formula is C19H29ClN2OS. The third-order valence-corrected chi connectivity index (χ3v) is 6.30. The molecule has 3 unspecified atom stereocenters. The Hall–Kier alpha value is -0.710. The average Bonchev–Trinajstić information content (AvgIpc) is 3.07. The highest BCUT2D eigenvalue weighted by atomic mass is 35.5. The maximum atomic E-state index is 12.9. The molecule has 3 atom stereocenters. The zero-order valence-corrected chi connectivity index (χ0v) is 16.1. The van der Waals surface area contributed by atoms with Crippen molar-refractivity contribution >= 4 is 30.1 Å². The Morgan fingerprint density at radius 3 is 2.83 bits per heavy atom. The predicted octanol–water partition coefficient (Wildman–Crippen LogP) is 3.69. The summed E-state index contributed by atoms with van der Waals surface area (Å²) in [6.07, 6.45) is 4.04. The van der Waals surface area contributed by atoms with Crippen LogP contribution in [0.15, 0.2) is 30.3 Å². The SMILES string of the molecule is CCC(c1ccccc1)C1CCCN1C(=O)CC1CSCCN1.Cl. The van der Waals surface area contributed by atoms with Gasteiger partial charge in [0.1, 0.15) is 0 Å². The molecule has 2 fully saturated rings. The van der Waals surface area contributed by atoms with Gasteiger partial charge in [-0.15, -0.1) is 12.4 Å². The molecule has 24 heavy (non-hydrogen) atoms. The van der Waals surface area contributed by atoms with E-state index in [9.17, 15) is 4.79 Å². The molecular weight excluding hydrogens is 340 g/mol. The number of carbonyl (C=O) groups excluding carboxylic acids is 1. The number of hydrogen-bond acceptors (Lipinski definition) is 3. The second-order valence-electron chi connectivity index (χ2n) is 6.65. The van der Waals surface area contributed by atoms with Crippen LogP contribution < -0.4 is 5.32 Å². The van der Waals surface area contributed by atoms with Gasteiger partial charge in [-0.25, -0.2) is 0 Å². The molecule has 0 aromatic heterocycles. The van der Waals surface area contributed by atoms with Crippen LogP contribution in [0, 0.1) is 0 Å². The van der Waals surface area contributed by atoms with E-state index in [1.165, 1.54) is 11.3 Å². The van der Waals surface area contributed by atoms with Crippen molar-refractivity contribution in [2.24, 2.45) is 0 Å². The molecule has 2 aliphatic heterocycles. The lowest BCUT2D eigenvalue weighted by molar-refractivity contribution is -0.132. The molecule has 1 N–H and O–H groups in total. The second-order valence-corrected chi connectivity index (χ2v) is 7.80. The Morgan fingerprint density at radius 1 is 1.38 bits per heavy atom. The lowest BCUT2D eigenvalue weighted by Crippen LogP contribution is -2.45. The number of halogens is 1. The van der Waals surface area contributed by atoms with E-state index in [2.05, 4.69) is 47.5 Å². The van der Waals surface area contributed by atoms with E-state index >= 15 is 0 Å². The van der Waals surface area contributed by atoms with Gasteiger partial charge in [-0.05, 0) is 24.8 Å². The summed E-state index contributed by atoms with van der Waals surface area (Å²) in [7, 11) is 0. The monoisotopic (exact) mass is 368 g/mol. The molecule has 134 valence electrons. The smallest absolute Gasteiger partial charge is 0.224 e.